The van der Waals surface area contributed by atoms with Crippen LogP contribution in [-0.4, -0.2) is 28.1 Å². The molecule has 1 saturated carbocycles. The number of benzene rings is 1. The quantitative estimate of drug-likeness (QED) is 0.485. The lowest BCUT2D eigenvalue weighted by atomic mass is 10.2. The van der Waals surface area contributed by atoms with E-state index in [1.165, 1.54) is 11.3 Å². The molecule has 2 heterocycles. The molecule has 0 amide bonds. The summed E-state index contributed by atoms with van der Waals surface area (Å²) < 4.78 is 6.89. The molecule has 0 atom stereocenters. The highest BCUT2D eigenvalue weighted by Gasteiger charge is 2.29. The summed E-state index contributed by atoms with van der Waals surface area (Å²) in [6.07, 6.45) is 2.19. The van der Waals surface area contributed by atoms with Crippen LogP contribution in [0.1, 0.15) is 49.5 Å². The fourth-order valence-electron chi connectivity index (χ4n) is 2.75. The lowest BCUT2D eigenvalue weighted by Gasteiger charge is -2.07. The van der Waals surface area contributed by atoms with Crippen molar-refractivity contribution in [1.29, 1.82) is 0 Å². The van der Waals surface area contributed by atoms with Crippen LogP contribution in [0.5, 0.6) is 0 Å². The summed E-state index contributed by atoms with van der Waals surface area (Å²) >= 11 is 1.40. The molecule has 2 aromatic heterocycles. The van der Waals surface area contributed by atoms with Crippen molar-refractivity contribution >= 4 is 23.1 Å². The summed E-state index contributed by atoms with van der Waals surface area (Å²) in [5.41, 5.74) is 2.06. The number of para-hydroxylation sites is 1. The van der Waals surface area contributed by atoms with Gasteiger partial charge in [-0.25, -0.2) is 9.48 Å². The van der Waals surface area contributed by atoms with Crippen molar-refractivity contribution in [2.45, 2.75) is 25.7 Å². The second-order valence-electron chi connectivity index (χ2n) is 6.39. The molecule has 1 aliphatic carbocycles. The predicted molar refractivity (Wildman–Crippen MR) is 99.2 cm³/mol. The van der Waals surface area contributed by atoms with Gasteiger partial charge in [0.05, 0.1) is 16.3 Å². The lowest BCUT2D eigenvalue weighted by molar-refractivity contribution is 0.0466. The number of ether oxygens (including phenoxy) is 1. The van der Waals surface area contributed by atoms with Gasteiger partial charge < -0.3 is 4.74 Å². The Labute approximate surface area is 155 Å². The average Bonchev–Trinajstić information content (AvgIpc) is 3.26. The zero-order chi connectivity index (χ0) is 18.1. The standard InChI is InChI=1S/C20H18N2O3S/c1-13-7-10-19(26-13)18(23)12-25-20(24)17-11-16(14-8-9-14)21-22(17)15-5-3-2-4-6-15/h2-7,10-11,14H,8-9,12H2,1H3. The summed E-state index contributed by atoms with van der Waals surface area (Å²) in [5, 5.41) is 4.59. The summed E-state index contributed by atoms with van der Waals surface area (Å²) in [5.74, 6) is -0.304. The van der Waals surface area contributed by atoms with Gasteiger partial charge in [0, 0.05) is 10.8 Å². The maximum Gasteiger partial charge on any atom is 0.357 e. The van der Waals surface area contributed by atoms with Crippen LogP contribution in [0.4, 0.5) is 0 Å². The van der Waals surface area contributed by atoms with Gasteiger partial charge in [-0.2, -0.15) is 5.10 Å². The van der Waals surface area contributed by atoms with E-state index in [-0.39, 0.29) is 12.4 Å². The molecule has 1 fully saturated rings. The van der Waals surface area contributed by atoms with E-state index >= 15 is 0 Å². The first-order valence-corrected chi connectivity index (χ1v) is 9.35. The molecular weight excluding hydrogens is 348 g/mol. The molecule has 0 saturated heterocycles. The summed E-state index contributed by atoms with van der Waals surface area (Å²) in [6, 6.07) is 14.9. The second-order valence-corrected chi connectivity index (χ2v) is 7.67. The third-order valence-electron chi connectivity index (χ3n) is 4.28. The molecule has 6 heteroatoms. The Morgan fingerprint density at radius 3 is 2.62 bits per heavy atom. The Kier molecular flexibility index (Phi) is 4.42. The number of ketones is 1. The molecule has 4 rings (SSSR count). The molecule has 0 spiro atoms. The Hall–Kier alpha value is -2.73. The van der Waals surface area contributed by atoms with Gasteiger partial charge in [0.1, 0.15) is 0 Å². The van der Waals surface area contributed by atoms with Gasteiger partial charge in [0.25, 0.3) is 0 Å². The van der Waals surface area contributed by atoms with E-state index in [0.717, 1.165) is 29.1 Å². The van der Waals surface area contributed by atoms with Crippen molar-refractivity contribution in [2.24, 2.45) is 0 Å². The fraction of sp³-hybridized carbons (Fsp3) is 0.250. The van der Waals surface area contributed by atoms with Crippen molar-refractivity contribution < 1.29 is 14.3 Å². The number of aromatic nitrogens is 2. The molecule has 0 aliphatic heterocycles. The molecule has 1 aromatic carbocycles. The molecule has 26 heavy (non-hydrogen) atoms. The minimum atomic E-state index is -0.533. The van der Waals surface area contributed by atoms with Gasteiger partial charge in [-0.05, 0) is 50.1 Å². The maximum atomic E-state index is 12.6. The van der Waals surface area contributed by atoms with E-state index in [2.05, 4.69) is 5.10 Å². The largest absolute Gasteiger partial charge is 0.453 e. The molecule has 0 bridgehead atoms. The second kappa shape index (κ2) is 6.88. The van der Waals surface area contributed by atoms with Crippen LogP contribution < -0.4 is 0 Å². The van der Waals surface area contributed by atoms with E-state index in [0.29, 0.717) is 16.5 Å². The summed E-state index contributed by atoms with van der Waals surface area (Å²) in [6.45, 7) is 1.67. The van der Waals surface area contributed by atoms with E-state index in [4.69, 9.17) is 4.74 Å². The molecule has 132 valence electrons. The highest BCUT2D eigenvalue weighted by atomic mass is 32.1. The van der Waals surface area contributed by atoms with Gasteiger partial charge in [-0.3, -0.25) is 4.79 Å². The lowest BCUT2D eigenvalue weighted by Crippen LogP contribution is -2.16. The molecule has 3 aromatic rings. The number of aryl methyl sites for hydroxylation is 1. The number of esters is 1. The van der Waals surface area contributed by atoms with E-state index < -0.39 is 5.97 Å². The average molecular weight is 366 g/mol. The zero-order valence-electron chi connectivity index (χ0n) is 14.3. The summed E-state index contributed by atoms with van der Waals surface area (Å²) in [4.78, 5) is 26.4. The number of hydrogen-bond acceptors (Lipinski definition) is 5. The first-order chi connectivity index (χ1) is 12.6. The Morgan fingerprint density at radius 2 is 1.96 bits per heavy atom. The van der Waals surface area contributed by atoms with Crippen molar-refractivity contribution in [3.8, 4) is 5.69 Å². The number of nitrogens with zero attached hydrogens (tertiary/aromatic N) is 2. The highest BCUT2D eigenvalue weighted by molar-refractivity contribution is 7.14. The third kappa shape index (κ3) is 3.46. The van der Waals surface area contributed by atoms with Crippen molar-refractivity contribution in [3.63, 3.8) is 0 Å². The SMILES string of the molecule is Cc1ccc(C(=O)COC(=O)c2cc(C3CC3)nn2-c2ccccc2)s1. The Morgan fingerprint density at radius 1 is 1.19 bits per heavy atom. The molecule has 5 nitrogen and oxygen atoms in total. The number of hydrogen-bond donors (Lipinski definition) is 0. The Bertz CT molecular complexity index is 955. The van der Waals surface area contributed by atoms with E-state index in [1.807, 2.05) is 43.3 Å². The van der Waals surface area contributed by atoms with Gasteiger partial charge in [0.2, 0.25) is 5.78 Å². The third-order valence-corrected chi connectivity index (χ3v) is 5.33. The highest BCUT2D eigenvalue weighted by Crippen LogP contribution is 2.39. The smallest absolute Gasteiger partial charge is 0.357 e. The minimum absolute atomic E-state index is 0.190. The topological polar surface area (TPSA) is 61.2 Å². The van der Waals surface area contributed by atoms with Crippen LogP contribution in [0.15, 0.2) is 48.5 Å². The zero-order valence-corrected chi connectivity index (χ0v) is 15.2. The van der Waals surface area contributed by atoms with Crippen molar-refractivity contribution in [3.05, 3.63) is 69.7 Å². The van der Waals surface area contributed by atoms with Crippen LogP contribution in [-0.2, 0) is 4.74 Å². The van der Waals surface area contributed by atoms with Gasteiger partial charge in [-0.15, -0.1) is 11.3 Å². The van der Waals surface area contributed by atoms with Gasteiger partial charge >= 0.3 is 5.97 Å². The molecule has 0 unspecified atom stereocenters. The molecule has 0 radical (unpaired) electrons. The van der Waals surface area contributed by atoms with Gasteiger partial charge in [0.15, 0.2) is 12.3 Å². The number of rotatable bonds is 6. The van der Waals surface area contributed by atoms with E-state index in [9.17, 15) is 9.59 Å². The van der Waals surface area contributed by atoms with Crippen molar-refractivity contribution in [2.75, 3.05) is 6.61 Å². The minimum Gasteiger partial charge on any atom is -0.453 e. The first-order valence-electron chi connectivity index (χ1n) is 8.54. The first kappa shape index (κ1) is 16.7. The van der Waals surface area contributed by atoms with Crippen molar-refractivity contribution in [1.82, 2.24) is 9.78 Å². The van der Waals surface area contributed by atoms with Crippen LogP contribution >= 0.6 is 11.3 Å². The summed E-state index contributed by atoms with van der Waals surface area (Å²) in [7, 11) is 0. The number of carbonyl (C=O) groups is 2. The number of Topliss-reactive ketones (excluding diaryl/α,β-unsaturated/α-hetero) is 1. The number of thiophene rings is 1. The molecule has 1 aliphatic rings. The maximum absolute atomic E-state index is 12.6. The molecule has 0 N–H and O–H groups in total. The van der Waals surface area contributed by atoms with E-state index in [1.54, 1.807) is 16.8 Å². The monoisotopic (exact) mass is 366 g/mol. The van der Waals surface area contributed by atoms with Gasteiger partial charge in [-0.1, -0.05) is 18.2 Å². The Balaban J connectivity index is 1.54. The van der Waals surface area contributed by atoms with Crippen LogP contribution in [0.25, 0.3) is 5.69 Å². The number of carbonyl (C=O) groups excluding carboxylic acids is 2. The van der Waals surface area contributed by atoms with Crippen LogP contribution in [0.3, 0.4) is 0 Å². The van der Waals surface area contributed by atoms with Crippen LogP contribution in [0.2, 0.25) is 0 Å². The predicted octanol–water partition coefficient (Wildman–Crippen LogP) is 4.16. The van der Waals surface area contributed by atoms with Crippen LogP contribution in [0, 0.1) is 6.92 Å². The molecular formula is C20H18N2O3S. The normalized spacial score (nSPS) is 13.6. The fourth-order valence-corrected chi connectivity index (χ4v) is 3.54.